The number of carbonyl (C=O) groups is 1. The molecule has 1 aromatic carbocycles. The Morgan fingerprint density at radius 1 is 1.12 bits per heavy atom. The summed E-state index contributed by atoms with van der Waals surface area (Å²) in [7, 11) is 0. The van der Waals surface area contributed by atoms with Crippen molar-refractivity contribution in [1.29, 1.82) is 0 Å². The van der Waals surface area contributed by atoms with Gasteiger partial charge in [0.05, 0.1) is 5.54 Å². The monoisotopic (exact) mass is 217 g/mol. The lowest BCUT2D eigenvalue weighted by Crippen LogP contribution is -2.50. The Bertz CT molecular complexity index is 440. The number of amides is 1. The summed E-state index contributed by atoms with van der Waals surface area (Å²) in [5.41, 5.74) is 1.61. The van der Waals surface area contributed by atoms with Crippen LogP contribution in [0.25, 0.3) is 0 Å². The van der Waals surface area contributed by atoms with E-state index in [0.717, 1.165) is 11.1 Å². The van der Waals surface area contributed by atoms with E-state index in [-0.39, 0.29) is 17.0 Å². The zero-order valence-corrected chi connectivity index (χ0v) is 10.7. The Morgan fingerprint density at radius 3 is 2.19 bits per heavy atom. The van der Waals surface area contributed by atoms with Crippen LogP contribution in [-0.2, 0) is 5.54 Å². The van der Waals surface area contributed by atoms with Crippen molar-refractivity contribution >= 4 is 5.91 Å². The second kappa shape index (κ2) is 3.09. The lowest BCUT2D eigenvalue weighted by atomic mass is 9.91. The van der Waals surface area contributed by atoms with E-state index >= 15 is 0 Å². The highest BCUT2D eigenvalue weighted by molar-refractivity contribution is 6.00. The summed E-state index contributed by atoms with van der Waals surface area (Å²) in [6.45, 7) is 10.5. The fraction of sp³-hybridized carbons (Fsp3) is 0.500. The van der Waals surface area contributed by atoms with Crippen LogP contribution < -0.4 is 0 Å². The summed E-state index contributed by atoms with van der Waals surface area (Å²) in [5.74, 6) is 0.146. The third-order valence-electron chi connectivity index (χ3n) is 3.25. The van der Waals surface area contributed by atoms with Gasteiger partial charge in [0.2, 0.25) is 0 Å². The van der Waals surface area contributed by atoms with Gasteiger partial charge in [0, 0.05) is 11.1 Å². The van der Waals surface area contributed by atoms with Crippen molar-refractivity contribution in [3.8, 4) is 0 Å². The van der Waals surface area contributed by atoms with E-state index < -0.39 is 0 Å². The first-order chi connectivity index (χ1) is 7.26. The van der Waals surface area contributed by atoms with Gasteiger partial charge in [-0.1, -0.05) is 18.2 Å². The van der Waals surface area contributed by atoms with Crippen LogP contribution in [-0.4, -0.2) is 16.3 Å². The van der Waals surface area contributed by atoms with Gasteiger partial charge in [0.15, 0.2) is 0 Å². The molecule has 2 nitrogen and oxygen atoms in total. The minimum absolute atomic E-state index is 0.146. The van der Waals surface area contributed by atoms with Gasteiger partial charge in [-0.15, -0.1) is 0 Å². The summed E-state index contributed by atoms with van der Waals surface area (Å²) < 4.78 is 0. The van der Waals surface area contributed by atoms with Crippen molar-refractivity contribution in [2.45, 2.75) is 45.7 Å². The Morgan fingerprint density at radius 2 is 1.69 bits per heavy atom. The summed E-state index contributed by atoms with van der Waals surface area (Å²) in [4.78, 5) is 14.4. The molecule has 1 aromatic rings. The Labute approximate surface area is 97.3 Å². The van der Waals surface area contributed by atoms with Gasteiger partial charge in [-0.05, 0) is 46.2 Å². The van der Waals surface area contributed by atoms with Crippen molar-refractivity contribution in [2.24, 2.45) is 0 Å². The highest BCUT2D eigenvalue weighted by Crippen LogP contribution is 2.42. The highest BCUT2D eigenvalue weighted by atomic mass is 16.2. The van der Waals surface area contributed by atoms with Crippen LogP contribution in [0.3, 0.4) is 0 Å². The third kappa shape index (κ3) is 1.36. The molecule has 0 aliphatic carbocycles. The first-order valence-corrected chi connectivity index (χ1v) is 5.70. The van der Waals surface area contributed by atoms with E-state index in [1.165, 1.54) is 0 Å². The molecule has 0 N–H and O–H groups in total. The third-order valence-corrected chi connectivity index (χ3v) is 3.25. The van der Waals surface area contributed by atoms with E-state index in [1.807, 2.05) is 23.1 Å². The first kappa shape index (κ1) is 11.2. The van der Waals surface area contributed by atoms with E-state index in [4.69, 9.17) is 0 Å². The van der Waals surface area contributed by atoms with Crippen molar-refractivity contribution in [3.63, 3.8) is 0 Å². The van der Waals surface area contributed by atoms with Gasteiger partial charge < -0.3 is 4.90 Å². The van der Waals surface area contributed by atoms with E-state index in [1.54, 1.807) is 0 Å². The van der Waals surface area contributed by atoms with Gasteiger partial charge in [0.1, 0.15) is 0 Å². The molecule has 0 spiro atoms. The number of hydrogen-bond donors (Lipinski definition) is 0. The van der Waals surface area contributed by atoms with Crippen molar-refractivity contribution in [1.82, 2.24) is 4.90 Å². The molecule has 0 aromatic heterocycles. The minimum atomic E-state index is -0.216. The molecular formula is C14H19NO. The van der Waals surface area contributed by atoms with Crippen molar-refractivity contribution < 1.29 is 4.79 Å². The smallest absolute Gasteiger partial charge is 0.255 e. The summed E-state index contributed by atoms with van der Waals surface area (Å²) >= 11 is 0. The lowest BCUT2D eigenvalue weighted by molar-refractivity contribution is 0.0300. The zero-order valence-electron chi connectivity index (χ0n) is 10.7. The maximum Gasteiger partial charge on any atom is 0.255 e. The lowest BCUT2D eigenvalue weighted by Gasteiger charge is -2.42. The number of rotatable bonds is 0. The van der Waals surface area contributed by atoms with E-state index in [2.05, 4.69) is 40.7 Å². The predicted octanol–water partition coefficient (Wildman–Crippen LogP) is 3.18. The second-order valence-electron chi connectivity index (χ2n) is 5.92. The van der Waals surface area contributed by atoms with Gasteiger partial charge >= 0.3 is 0 Å². The average molecular weight is 217 g/mol. The largest absolute Gasteiger partial charge is 0.325 e. The van der Waals surface area contributed by atoms with Gasteiger partial charge in [-0.25, -0.2) is 0 Å². The van der Waals surface area contributed by atoms with Crippen LogP contribution in [0.2, 0.25) is 0 Å². The van der Waals surface area contributed by atoms with Crippen LogP contribution in [0.5, 0.6) is 0 Å². The topological polar surface area (TPSA) is 20.3 Å². The molecule has 0 saturated carbocycles. The molecule has 2 heteroatoms. The van der Waals surface area contributed by atoms with Crippen LogP contribution >= 0.6 is 0 Å². The standard InChI is InChI=1S/C14H19NO/c1-13(2,3)15-12(16)10-8-6-7-9-11(10)14(15,4)5/h6-9H,1-5H3. The summed E-state index contributed by atoms with van der Waals surface area (Å²) in [6, 6.07) is 7.91. The summed E-state index contributed by atoms with van der Waals surface area (Å²) in [6.07, 6.45) is 0. The van der Waals surface area contributed by atoms with Crippen LogP contribution in [0.15, 0.2) is 24.3 Å². The maximum atomic E-state index is 12.4. The van der Waals surface area contributed by atoms with Gasteiger partial charge in [-0.3, -0.25) is 4.79 Å². The molecular weight excluding hydrogens is 198 g/mol. The highest BCUT2D eigenvalue weighted by Gasteiger charge is 2.47. The Kier molecular flexibility index (Phi) is 2.16. The van der Waals surface area contributed by atoms with E-state index in [0.29, 0.717) is 0 Å². The van der Waals surface area contributed by atoms with E-state index in [9.17, 15) is 4.79 Å². The predicted molar refractivity (Wildman–Crippen MR) is 65.4 cm³/mol. The van der Waals surface area contributed by atoms with Crippen molar-refractivity contribution in [3.05, 3.63) is 35.4 Å². The molecule has 16 heavy (non-hydrogen) atoms. The Hall–Kier alpha value is -1.31. The Balaban J connectivity index is 2.62. The van der Waals surface area contributed by atoms with Gasteiger partial charge in [0.25, 0.3) is 5.91 Å². The van der Waals surface area contributed by atoms with Crippen molar-refractivity contribution in [2.75, 3.05) is 0 Å². The quantitative estimate of drug-likeness (QED) is 0.653. The molecule has 1 amide bonds. The zero-order chi connectivity index (χ0) is 12.1. The molecule has 0 saturated heterocycles. The summed E-state index contributed by atoms with van der Waals surface area (Å²) in [5, 5.41) is 0. The molecule has 1 heterocycles. The fourth-order valence-electron chi connectivity index (χ4n) is 2.84. The normalized spacial score (nSPS) is 18.8. The molecule has 2 rings (SSSR count). The second-order valence-corrected chi connectivity index (χ2v) is 5.92. The molecule has 0 fully saturated rings. The first-order valence-electron chi connectivity index (χ1n) is 5.70. The fourth-order valence-corrected chi connectivity index (χ4v) is 2.84. The average Bonchev–Trinajstić information content (AvgIpc) is 2.34. The number of hydrogen-bond acceptors (Lipinski definition) is 1. The number of benzene rings is 1. The molecule has 0 radical (unpaired) electrons. The number of fused-ring (bicyclic) bond motifs is 1. The van der Waals surface area contributed by atoms with Crippen LogP contribution in [0, 0.1) is 0 Å². The molecule has 0 bridgehead atoms. The molecule has 1 aliphatic heterocycles. The van der Waals surface area contributed by atoms with Crippen LogP contribution in [0.1, 0.15) is 50.5 Å². The maximum absolute atomic E-state index is 12.4. The molecule has 1 aliphatic rings. The van der Waals surface area contributed by atoms with Gasteiger partial charge in [-0.2, -0.15) is 0 Å². The number of carbonyl (C=O) groups excluding carboxylic acids is 1. The SMILES string of the molecule is CC(C)(C)N1C(=O)c2ccccc2C1(C)C. The van der Waals surface area contributed by atoms with Crippen LogP contribution in [0.4, 0.5) is 0 Å². The molecule has 86 valence electrons. The molecule has 0 unspecified atom stereocenters. The molecule has 0 atom stereocenters. The number of nitrogens with zero attached hydrogens (tertiary/aromatic N) is 1. The minimum Gasteiger partial charge on any atom is -0.325 e.